The van der Waals surface area contributed by atoms with Crippen molar-refractivity contribution in [3.8, 4) is 11.5 Å². The third-order valence-corrected chi connectivity index (χ3v) is 3.36. The fraction of sp³-hybridized carbons (Fsp3) is 0.133. The van der Waals surface area contributed by atoms with Gasteiger partial charge in [-0.2, -0.15) is 5.10 Å². The van der Waals surface area contributed by atoms with Gasteiger partial charge in [-0.25, -0.2) is 0 Å². The zero-order chi connectivity index (χ0) is 20.8. The van der Waals surface area contributed by atoms with Gasteiger partial charge in [-0.05, 0) is 19.1 Å². The van der Waals surface area contributed by atoms with Gasteiger partial charge < -0.3 is 9.84 Å². The number of phenolic OH excluding ortho intramolecular Hbond substituents is 1. The highest BCUT2D eigenvalue weighted by Crippen LogP contribution is 2.36. The van der Waals surface area contributed by atoms with Crippen molar-refractivity contribution in [3.05, 3.63) is 66.2 Å². The van der Waals surface area contributed by atoms with Gasteiger partial charge in [-0.3, -0.25) is 35.8 Å². The smallest absolute Gasteiger partial charge is 0.315 e. The first-order chi connectivity index (χ1) is 13.2. The van der Waals surface area contributed by atoms with E-state index >= 15 is 0 Å². The monoisotopic (exact) mass is 391 g/mol. The van der Waals surface area contributed by atoms with Crippen LogP contribution in [-0.4, -0.2) is 32.7 Å². The summed E-state index contributed by atoms with van der Waals surface area (Å²) >= 11 is 0. The third-order valence-electron chi connectivity index (χ3n) is 3.36. The van der Waals surface area contributed by atoms with Crippen molar-refractivity contribution in [1.29, 1.82) is 0 Å². The summed E-state index contributed by atoms with van der Waals surface area (Å²) in [6.45, 7) is 1.78. The molecule has 2 aromatic rings. The van der Waals surface area contributed by atoms with Gasteiger partial charge in [-0.1, -0.05) is 0 Å². The molecule has 0 aliphatic rings. The van der Waals surface area contributed by atoms with E-state index in [0.29, 0.717) is 0 Å². The lowest BCUT2D eigenvalue weighted by Crippen LogP contribution is -2.00. The normalized spacial score (nSPS) is 10.6. The standard InChI is InChI=1S/C15H13N5O8/c1-2-28-14-6-9(5-13(15(14)21)20(26)27)8-16-17-11-4-3-10(18(22)23)7-12(11)19(24)25/h3-8,17,21H,2H2,1H3/b16-8+. The van der Waals surface area contributed by atoms with E-state index in [2.05, 4.69) is 10.5 Å². The molecule has 146 valence electrons. The van der Waals surface area contributed by atoms with E-state index in [9.17, 15) is 35.4 Å². The van der Waals surface area contributed by atoms with Crippen LogP contribution in [-0.2, 0) is 0 Å². The number of rotatable bonds is 8. The van der Waals surface area contributed by atoms with Crippen LogP contribution in [0.4, 0.5) is 22.7 Å². The molecule has 28 heavy (non-hydrogen) atoms. The fourth-order valence-corrected chi connectivity index (χ4v) is 2.15. The summed E-state index contributed by atoms with van der Waals surface area (Å²) in [4.78, 5) is 30.4. The molecule has 0 radical (unpaired) electrons. The number of nitrogens with zero attached hydrogens (tertiary/aromatic N) is 4. The molecule has 0 aliphatic carbocycles. The number of nitro benzene ring substituents is 3. The maximum absolute atomic E-state index is 11.1. The highest BCUT2D eigenvalue weighted by molar-refractivity contribution is 5.84. The van der Waals surface area contributed by atoms with Crippen molar-refractivity contribution in [2.24, 2.45) is 5.10 Å². The van der Waals surface area contributed by atoms with Crippen molar-refractivity contribution in [2.45, 2.75) is 6.92 Å². The lowest BCUT2D eigenvalue weighted by molar-refractivity contribution is -0.393. The van der Waals surface area contributed by atoms with Crippen LogP contribution >= 0.6 is 0 Å². The number of hydrogen-bond donors (Lipinski definition) is 2. The number of ether oxygens (including phenoxy) is 1. The molecular weight excluding hydrogens is 378 g/mol. The average molecular weight is 391 g/mol. The van der Waals surface area contributed by atoms with E-state index in [0.717, 1.165) is 30.5 Å². The van der Waals surface area contributed by atoms with Crippen LogP contribution in [0.1, 0.15) is 12.5 Å². The molecule has 13 heteroatoms. The molecule has 2 aromatic carbocycles. The Morgan fingerprint density at radius 2 is 1.75 bits per heavy atom. The minimum atomic E-state index is -0.816. The second-order valence-corrected chi connectivity index (χ2v) is 5.16. The van der Waals surface area contributed by atoms with Crippen molar-refractivity contribution >= 4 is 29.0 Å². The molecule has 0 atom stereocenters. The lowest BCUT2D eigenvalue weighted by atomic mass is 10.2. The Kier molecular flexibility index (Phi) is 6.00. The predicted octanol–water partition coefficient (Wildman–Crippen LogP) is 2.96. The van der Waals surface area contributed by atoms with Crippen LogP contribution in [0.15, 0.2) is 35.4 Å². The Balaban J connectivity index is 2.33. The molecular formula is C15H13N5O8. The third kappa shape index (κ3) is 4.46. The number of non-ortho nitro benzene ring substituents is 1. The summed E-state index contributed by atoms with van der Waals surface area (Å²) < 4.78 is 5.13. The Labute approximate surface area is 156 Å². The summed E-state index contributed by atoms with van der Waals surface area (Å²) in [6.07, 6.45) is 1.11. The summed E-state index contributed by atoms with van der Waals surface area (Å²) in [6, 6.07) is 5.27. The van der Waals surface area contributed by atoms with Crippen molar-refractivity contribution < 1.29 is 24.6 Å². The first-order valence-corrected chi connectivity index (χ1v) is 7.60. The van der Waals surface area contributed by atoms with Crippen molar-refractivity contribution in [1.82, 2.24) is 0 Å². The molecule has 0 fully saturated rings. The van der Waals surface area contributed by atoms with Crippen LogP contribution in [0.5, 0.6) is 11.5 Å². The van der Waals surface area contributed by atoms with Crippen LogP contribution < -0.4 is 10.2 Å². The van der Waals surface area contributed by atoms with Crippen molar-refractivity contribution in [3.63, 3.8) is 0 Å². The number of hydrogen-bond acceptors (Lipinski definition) is 10. The molecule has 0 unspecified atom stereocenters. The minimum absolute atomic E-state index is 0.120. The zero-order valence-electron chi connectivity index (χ0n) is 14.3. The van der Waals surface area contributed by atoms with Gasteiger partial charge >= 0.3 is 11.4 Å². The summed E-state index contributed by atoms with van der Waals surface area (Å²) in [5.41, 5.74) is 0.771. The number of nitro groups is 3. The largest absolute Gasteiger partial charge is 0.500 e. The predicted molar refractivity (Wildman–Crippen MR) is 96.9 cm³/mol. The Bertz CT molecular complexity index is 975. The van der Waals surface area contributed by atoms with Crippen LogP contribution in [0.3, 0.4) is 0 Å². The molecule has 0 bridgehead atoms. The molecule has 0 aliphatic heterocycles. The van der Waals surface area contributed by atoms with Crippen molar-refractivity contribution in [2.75, 3.05) is 12.0 Å². The molecule has 0 aromatic heterocycles. The highest BCUT2D eigenvalue weighted by atomic mass is 16.6. The van der Waals surface area contributed by atoms with E-state index in [1.807, 2.05) is 0 Å². The molecule has 0 saturated heterocycles. The molecule has 0 heterocycles. The first-order valence-electron chi connectivity index (χ1n) is 7.60. The van der Waals surface area contributed by atoms with Gasteiger partial charge in [0.1, 0.15) is 5.69 Å². The van der Waals surface area contributed by atoms with Gasteiger partial charge in [-0.15, -0.1) is 0 Å². The average Bonchev–Trinajstić information content (AvgIpc) is 2.63. The van der Waals surface area contributed by atoms with Crippen LogP contribution in [0.2, 0.25) is 0 Å². The van der Waals surface area contributed by atoms with E-state index < -0.39 is 37.6 Å². The molecule has 13 nitrogen and oxygen atoms in total. The van der Waals surface area contributed by atoms with Crippen LogP contribution in [0.25, 0.3) is 0 Å². The second kappa shape index (κ2) is 8.39. The first kappa shape index (κ1) is 20.0. The minimum Gasteiger partial charge on any atom is -0.500 e. The number of nitrogens with one attached hydrogen (secondary N) is 1. The van der Waals surface area contributed by atoms with E-state index in [-0.39, 0.29) is 23.6 Å². The Morgan fingerprint density at radius 3 is 2.32 bits per heavy atom. The molecule has 0 saturated carbocycles. The van der Waals surface area contributed by atoms with E-state index in [1.54, 1.807) is 6.92 Å². The lowest BCUT2D eigenvalue weighted by Gasteiger charge is -2.07. The van der Waals surface area contributed by atoms with Crippen LogP contribution in [0, 0.1) is 30.3 Å². The maximum atomic E-state index is 11.1. The quantitative estimate of drug-likeness (QED) is 0.388. The topological polar surface area (TPSA) is 183 Å². The number of hydrazone groups is 1. The molecule has 2 rings (SSSR count). The van der Waals surface area contributed by atoms with Gasteiger partial charge in [0.05, 0.1) is 33.7 Å². The highest BCUT2D eigenvalue weighted by Gasteiger charge is 2.21. The number of anilines is 1. The summed E-state index contributed by atoms with van der Waals surface area (Å²) in [5, 5.41) is 46.4. The maximum Gasteiger partial charge on any atom is 0.315 e. The second-order valence-electron chi connectivity index (χ2n) is 5.16. The summed E-state index contributed by atoms with van der Waals surface area (Å²) in [5.74, 6) is -0.762. The SMILES string of the molecule is CCOc1cc(/C=N/Nc2ccc([N+](=O)[O-])cc2[N+](=O)[O-])cc([N+](=O)[O-])c1O. The number of benzene rings is 2. The van der Waals surface area contributed by atoms with Gasteiger partial charge in [0.2, 0.25) is 5.75 Å². The molecule has 2 N–H and O–H groups in total. The van der Waals surface area contributed by atoms with Gasteiger partial charge in [0.15, 0.2) is 5.75 Å². The van der Waals surface area contributed by atoms with Gasteiger partial charge in [0.25, 0.3) is 5.69 Å². The van der Waals surface area contributed by atoms with E-state index in [4.69, 9.17) is 4.74 Å². The van der Waals surface area contributed by atoms with E-state index in [1.165, 1.54) is 6.07 Å². The Morgan fingerprint density at radius 1 is 1.07 bits per heavy atom. The number of aromatic hydroxyl groups is 1. The van der Waals surface area contributed by atoms with Gasteiger partial charge in [0, 0.05) is 17.7 Å². The summed E-state index contributed by atoms with van der Waals surface area (Å²) in [7, 11) is 0. The zero-order valence-corrected chi connectivity index (χ0v) is 14.3. The molecule has 0 amide bonds. The fourth-order valence-electron chi connectivity index (χ4n) is 2.15. The number of phenols is 1. The molecule has 0 spiro atoms. The Hall–Kier alpha value is -4.29.